The van der Waals surface area contributed by atoms with Gasteiger partial charge in [-0.2, -0.15) is 5.10 Å². The van der Waals surface area contributed by atoms with Gasteiger partial charge in [-0.3, -0.25) is 0 Å². The van der Waals surface area contributed by atoms with Crippen LogP contribution in [-0.2, 0) is 6.54 Å². The van der Waals surface area contributed by atoms with Crippen molar-refractivity contribution in [1.29, 1.82) is 0 Å². The van der Waals surface area contributed by atoms with Crippen molar-refractivity contribution < 1.29 is 5.11 Å². The monoisotopic (exact) mass is 382 g/mol. The molecule has 7 heteroatoms. The molecule has 25 heavy (non-hydrogen) atoms. The van der Waals surface area contributed by atoms with Crippen molar-refractivity contribution in [2.24, 2.45) is 0 Å². The van der Waals surface area contributed by atoms with Crippen molar-refractivity contribution in [3.8, 4) is 5.69 Å². The average molecular weight is 383 g/mol. The van der Waals surface area contributed by atoms with E-state index in [1.165, 1.54) is 12.8 Å². The topological polar surface area (TPSA) is 53.3 Å². The van der Waals surface area contributed by atoms with Crippen LogP contribution in [0.5, 0.6) is 0 Å². The number of benzene rings is 1. The summed E-state index contributed by atoms with van der Waals surface area (Å²) in [4.78, 5) is 2.31. The van der Waals surface area contributed by atoms with Gasteiger partial charge in [-0.05, 0) is 45.0 Å². The van der Waals surface area contributed by atoms with E-state index >= 15 is 0 Å². The molecule has 2 N–H and O–H groups in total. The molecular formula is C18H24Cl2N4O. The van der Waals surface area contributed by atoms with Crippen LogP contribution < -0.4 is 5.32 Å². The van der Waals surface area contributed by atoms with E-state index < -0.39 is 0 Å². The lowest BCUT2D eigenvalue weighted by Gasteiger charge is -2.19. The molecule has 0 saturated carbocycles. The number of likely N-dealkylation sites (tertiary alicyclic amines) is 1. The fourth-order valence-corrected chi connectivity index (χ4v) is 3.76. The molecule has 0 aliphatic carbocycles. The Balaban J connectivity index is 1.60. The Kier molecular flexibility index (Phi) is 6.36. The number of hydrogen-bond donors (Lipinski definition) is 2. The third-order valence-electron chi connectivity index (χ3n) is 4.55. The molecule has 0 unspecified atom stereocenters. The molecule has 0 amide bonds. The minimum absolute atomic E-state index is 0.379. The summed E-state index contributed by atoms with van der Waals surface area (Å²) in [5.41, 5.74) is 2.54. The number of halogens is 2. The number of aryl methyl sites for hydroxylation is 1. The molecule has 1 aromatic carbocycles. The quantitative estimate of drug-likeness (QED) is 0.772. The number of aromatic nitrogens is 2. The Labute approximate surface area is 158 Å². The van der Waals surface area contributed by atoms with Crippen LogP contribution in [0.1, 0.15) is 24.1 Å². The summed E-state index contributed by atoms with van der Waals surface area (Å²) in [6.45, 7) is 5.92. The highest BCUT2D eigenvalue weighted by molar-refractivity contribution is 6.33. The van der Waals surface area contributed by atoms with E-state index in [0.717, 1.165) is 36.6 Å². The lowest BCUT2D eigenvalue weighted by molar-refractivity contribution is 0.123. The lowest BCUT2D eigenvalue weighted by atomic mass is 10.2. The minimum Gasteiger partial charge on any atom is -0.390 e. The number of rotatable bonds is 7. The summed E-state index contributed by atoms with van der Waals surface area (Å²) in [5, 5.41) is 19.1. The number of aliphatic hydroxyl groups is 1. The highest BCUT2D eigenvalue weighted by Gasteiger charge is 2.18. The number of nitrogens with one attached hydrogen (secondary N) is 1. The minimum atomic E-state index is -0.379. The van der Waals surface area contributed by atoms with Gasteiger partial charge in [0.15, 0.2) is 0 Å². The predicted molar refractivity (Wildman–Crippen MR) is 102 cm³/mol. The van der Waals surface area contributed by atoms with E-state index in [1.807, 2.05) is 31.2 Å². The molecule has 0 radical (unpaired) electrons. The van der Waals surface area contributed by atoms with Crippen molar-refractivity contribution in [2.45, 2.75) is 32.4 Å². The number of para-hydroxylation sites is 1. The number of β-amino-alcohol motifs (C(OH)–C–C–N with tert-alkyl or cyclic N) is 1. The fourth-order valence-electron chi connectivity index (χ4n) is 3.21. The van der Waals surface area contributed by atoms with Crippen LogP contribution in [0.2, 0.25) is 10.2 Å². The molecule has 0 spiro atoms. The maximum Gasteiger partial charge on any atom is 0.137 e. The van der Waals surface area contributed by atoms with E-state index in [4.69, 9.17) is 23.2 Å². The zero-order valence-electron chi connectivity index (χ0n) is 14.4. The molecule has 1 aliphatic heterocycles. The van der Waals surface area contributed by atoms with Gasteiger partial charge in [-0.15, -0.1) is 0 Å². The van der Waals surface area contributed by atoms with Gasteiger partial charge in [0.25, 0.3) is 0 Å². The van der Waals surface area contributed by atoms with Gasteiger partial charge >= 0.3 is 0 Å². The largest absolute Gasteiger partial charge is 0.390 e. The van der Waals surface area contributed by atoms with Crippen LogP contribution in [0, 0.1) is 6.92 Å². The molecule has 136 valence electrons. The average Bonchev–Trinajstić information content (AvgIpc) is 3.18. The van der Waals surface area contributed by atoms with Gasteiger partial charge in [0.05, 0.1) is 22.5 Å². The molecule has 1 aromatic heterocycles. The SMILES string of the molecule is Cc1nn(-c2ccccc2Cl)c(Cl)c1CNC[C@@H](O)CN1CCCC1. The van der Waals surface area contributed by atoms with Crippen molar-refractivity contribution in [3.63, 3.8) is 0 Å². The van der Waals surface area contributed by atoms with Gasteiger partial charge in [-0.25, -0.2) is 4.68 Å². The number of aliphatic hydroxyl groups excluding tert-OH is 1. The smallest absolute Gasteiger partial charge is 0.137 e. The molecular weight excluding hydrogens is 359 g/mol. The molecule has 2 heterocycles. The Bertz CT molecular complexity index is 713. The maximum absolute atomic E-state index is 10.2. The van der Waals surface area contributed by atoms with Gasteiger partial charge < -0.3 is 15.3 Å². The van der Waals surface area contributed by atoms with E-state index in [0.29, 0.717) is 23.3 Å². The van der Waals surface area contributed by atoms with Gasteiger partial charge in [0, 0.05) is 25.2 Å². The van der Waals surface area contributed by atoms with Crippen molar-refractivity contribution >= 4 is 23.2 Å². The van der Waals surface area contributed by atoms with Crippen molar-refractivity contribution in [1.82, 2.24) is 20.0 Å². The standard InChI is InChI=1S/C18H24Cl2N4O/c1-13-15(11-21-10-14(25)12-23-8-4-5-9-23)18(20)24(22-13)17-7-3-2-6-16(17)19/h2-3,6-7,14,21,25H,4-5,8-12H2,1H3/t14-/m1/s1. The molecule has 1 atom stereocenters. The van der Waals surface area contributed by atoms with Crippen LogP contribution in [0.15, 0.2) is 24.3 Å². The zero-order valence-corrected chi connectivity index (χ0v) is 15.9. The first kappa shape index (κ1) is 18.7. The molecule has 0 bridgehead atoms. The summed E-state index contributed by atoms with van der Waals surface area (Å²) in [5.74, 6) is 0. The Morgan fingerprint density at radius 3 is 2.68 bits per heavy atom. The van der Waals surface area contributed by atoms with E-state index in [1.54, 1.807) is 4.68 Å². The van der Waals surface area contributed by atoms with Gasteiger partial charge in [0.2, 0.25) is 0 Å². The lowest BCUT2D eigenvalue weighted by Crippen LogP contribution is -2.36. The molecule has 1 fully saturated rings. The van der Waals surface area contributed by atoms with Crippen LogP contribution in [-0.4, -0.2) is 52.1 Å². The van der Waals surface area contributed by atoms with E-state index in [9.17, 15) is 5.11 Å². The van der Waals surface area contributed by atoms with Crippen molar-refractivity contribution in [3.05, 3.63) is 45.7 Å². The molecule has 5 nitrogen and oxygen atoms in total. The Hall–Kier alpha value is -1.11. The Morgan fingerprint density at radius 1 is 1.24 bits per heavy atom. The van der Waals surface area contributed by atoms with Gasteiger partial charge in [0.1, 0.15) is 5.15 Å². The normalized spacial score (nSPS) is 16.5. The fraction of sp³-hybridized carbons (Fsp3) is 0.500. The first-order valence-electron chi connectivity index (χ1n) is 8.66. The first-order valence-corrected chi connectivity index (χ1v) is 9.42. The molecule has 2 aromatic rings. The zero-order chi connectivity index (χ0) is 17.8. The third-order valence-corrected chi connectivity index (χ3v) is 5.26. The van der Waals surface area contributed by atoms with Crippen LogP contribution in [0.4, 0.5) is 0 Å². The van der Waals surface area contributed by atoms with Crippen LogP contribution >= 0.6 is 23.2 Å². The second-order valence-electron chi connectivity index (χ2n) is 6.51. The second-order valence-corrected chi connectivity index (χ2v) is 7.28. The second kappa shape index (κ2) is 8.52. The van der Waals surface area contributed by atoms with Crippen LogP contribution in [0.25, 0.3) is 5.69 Å². The number of hydrogen-bond acceptors (Lipinski definition) is 4. The van der Waals surface area contributed by atoms with E-state index in [-0.39, 0.29) is 6.10 Å². The third kappa shape index (κ3) is 4.54. The highest BCUT2D eigenvalue weighted by atomic mass is 35.5. The van der Waals surface area contributed by atoms with Crippen molar-refractivity contribution in [2.75, 3.05) is 26.2 Å². The van der Waals surface area contributed by atoms with Gasteiger partial charge in [-0.1, -0.05) is 35.3 Å². The highest BCUT2D eigenvalue weighted by Crippen LogP contribution is 2.27. The predicted octanol–water partition coefficient (Wildman–Crippen LogP) is 3.03. The summed E-state index contributed by atoms with van der Waals surface area (Å²) >= 11 is 12.8. The number of nitrogens with zero attached hydrogens (tertiary/aromatic N) is 3. The molecule has 1 aliphatic rings. The van der Waals surface area contributed by atoms with Crippen LogP contribution in [0.3, 0.4) is 0 Å². The van der Waals surface area contributed by atoms with E-state index in [2.05, 4.69) is 15.3 Å². The summed E-state index contributed by atoms with van der Waals surface area (Å²) in [6.07, 6.45) is 2.09. The molecule has 1 saturated heterocycles. The Morgan fingerprint density at radius 2 is 1.96 bits per heavy atom. The summed E-state index contributed by atoms with van der Waals surface area (Å²) < 4.78 is 1.66. The summed E-state index contributed by atoms with van der Waals surface area (Å²) in [6, 6.07) is 7.48. The molecule has 3 rings (SSSR count). The maximum atomic E-state index is 10.2. The first-order chi connectivity index (χ1) is 12.1. The summed E-state index contributed by atoms with van der Waals surface area (Å²) in [7, 11) is 0.